The summed E-state index contributed by atoms with van der Waals surface area (Å²) >= 11 is 0. The molecule has 0 spiro atoms. The van der Waals surface area contributed by atoms with E-state index in [0.29, 0.717) is 11.4 Å². The van der Waals surface area contributed by atoms with E-state index in [1.165, 1.54) is 19.3 Å². The Bertz CT molecular complexity index is 842. The van der Waals surface area contributed by atoms with Crippen molar-refractivity contribution in [1.29, 1.82) is 0 Å². The van der Waals surface area contributed by atoms with Crippen molar-refractivity contribution in [2.75, 3.05) is 20.2 Å². The monoisotopic (exact) mass is 378 g/mol. The summed E-state index contributed by atoms with van der Waals surface area (Å²) in [6, 6.07) is 8.75. The Morgan fingerprint density at radius 1 is 1.19 bits per heavy atom. The number of carbonyl (C=O) groups excluding carboxylic acids is 1. The maximum Gasteiger partial charge on any atom is 0.354 e. The number of primary sulfonamides is 1. The highest BCUT2D eigenvalue weighted by Gasteiger charge is 2.46. The number of benzene rings is 1. The third kappa shape index (κ3) is 3.76. The molecule has 0 amide bonds. The molecule has 1 aliphatic heterocycles. The first-order valence-corrected chi connectivity index (χ1v) is 9.92. The highest BCUT2D eigenvalue weighted by molar-refractivity contribution is 7.93. The van der Waals surface area contributed by atoms with E-state index >= 15 is 0 Å². The van der Waals surface area contributed by atoms with E-state index in [9.17, 15) is 13.2 Å². The third-order valence-corrected chi connectivity index (χ3v) is 5.44. The lowest BCUT2D eigenvalue weighted by molar-refractivity contribution is -0.155. The first-order valence-electron chi connectivity index (χ1n) is 8.38. The van der Waals surface area contributed by atoms with Gasteiger partial charge in [0.2, 0.25) is 15.6 Å². The standard InChI is InChI=1S/C18H22N2O5S/c1-24-17(21)18(25-15-7-3-2-4-8-15)12-14(20-9-5-6-10-20)11-16(13-18)26(19,22)23/h2-4,7-8,11,13H,5-6,9-10,12H2,1H3,(H2,19,22,23). The zero-order chi connectivity index (χ0) is 18.8. The molecule has 1 aromatic rings. The molecule has 1 fully saturated rings. The molecule has 1 saturated heterocycles. The molecule has 8 heteroatoms. The van der Waals surface area contributed by atoms with E-state index in [-0.39, 0.29) is 11.3 Å². The van der Waals surface area contributed by atoms with E-state index in [0.717, 1.165) is 25.9 Å². The molecule has 1 aliphatic carbocycles. The van der Waals surface area contributed by atoms with Crippen molar-refractivity contribution < 1.29 is 22.7 Å². The molecular formula is C18H22N2O5S. The Morgan fingerprint density at radius 3 is 2.42 bits per heavy atom. The molecule has 7 nitrogen and oxygen atoms in total. The molecule has 1 aromatic carbocycles. The number of allylic oxidation sites excluding steroid dienone is 1. The van der Waals surface area contributed by atoms with Crippen LogP contribution in [0.4, 0.5) is 0 Å². The van der Waals surface area contributed by atoms with E-state index in [4.69, 9.17) is 14.6 Å². The van der Waals surface area contributed by atoms with Crippen LogP contribution >= 0.6 is 0 Å². The number of likely N-dealkylation sites (tertiary alicyclic amines) is 1. The lowest BCUT2D eigenvalue weighted by Crippen LogP contribution is -2.47. The Morgan fingerprint density at radius 2 is 1.85 bits per heavy atom. The van der Waals surface area contributed by atoms with Gasteiger partial charge in [0.1, 0.15) is 5.75 Å². The molecule has 140 valence electrons. The number of nitrogens with zero attached hydrogens (tertiary/aromatic N) is 1. The van der Waals surface area contributed by atoms with Gasteiger partial charge in [-0.2, -0.15) is 0 Å². The molecule has 26 heavy (non-hydrogen) atoms. The van der Waals surface area contributed by atoms with Crippen molar-refractivity contribution in [1.82, 2.24) is 4.90 Å². The van der Waals surface area contributed by atoms with Crippen molar-refractivity contribution in [3.63, 3.8) is 0 Å². The predicted molar refractivity (Wildman–Crippen MR) is 96.5 cm³/mol. The lowest BCUT2D eigenvalue weighted by Gasteiger charge is -2.35. The normalized spacial score (nSPS) is 23.2. The van der Waals surface area contributed by atoms with Crippen LogP contribution in [-0.4, -0.2) is 45.1 Å². The molecular weight excluding hydrogens is 356 g/mol. The van der Waals surface area contributed by atoms with Gasteiger partial charge in [-0.3, -0.25) is 0 Å². The van der Waals surface area contributed by atoms with Crippen molar-refractivity contribution in [2.45, 2.75) is 24.9 Å². The van der Waals surface area contributed by atoms with Crippen LogP contribution in [0.3, 0.4) is 0 Å². The van der Waals surface area contributed by atoms with Gasteiger partial charge in [0.15, 0.2) is 0 Å². The first kappa shape index (κ1) is 18.5. The van der Waals surface area contributed by atoms with Gasteiger partial charge >= 0.3 is 5.97 Å². The highest BCUT2D eigenvalue weighted by Crippen LogP contribution is 2.36. The Kier molecular flexibility index (Phi) is 5.06. The second kappa shape index (κ2) is 7.13. The van der Waals surface area contributed by atoms with Gasteiger partial charge in [-0.05, 0) is 37.1 Å². The van der Waals surface area contributed by atoms with E-state index in [2.05, 4.69) is 4.90 Å². The minimum atomic E-state index is -4.02. The molecule has 1 heterocycles. The summed E-state index contributed by atoms with van der Waals surface area (Å²) in [4.78, 5) is 14.6. The van der Waals surface area contributed by atoms with Gasteiger partial charge in [0, 0.05) is 25.2 Å². The van der Waals surface area contributed by atoms with Gasteiger partial charge in [0.25, 0.3) is 0 Å². The van der Waals surface area contributed by atoms with Crippen LogP contribution in [0.2, 0.25) is 0 Å². The first-order chi connectivity index (χ1) is 12.3. The minimum Gasteiger partial charge on any atom is -0.471 e. The number of ether oxygens (including phenoxy) is 2. The zero-order valence-corrected chi connectivity index (χ0v) is 15.4. The molecule has 1 atom stereocenters. The van der Waals surface area contributed by atoms with Crippen molar-refractivity contribution in [2.24, 2.45) is 5.14 Å². The van der Waals surface area contributed by atoms with E-state index < -0.39 is 21.6 Å². The molecule has 0 radical (unpaired) electrons. The van der Waals surface area contributed by atoms with Gasteiger partial charge in [0.05, 0.1) is 12.0 Å². The summed E-state index contributed by atoms with van der Waals surface area (Å²) < 4.78 is 35.0. The quantitative estimate of drug-likeness (QED) is 0.780. The Labute approximate surface area is 153 Å². The maximum atomic E-state index is 12.7. The van der Waals surface area contributed by atoms with Crippen molar-refractivity contribution in [3.05, 3.63) is 53.1 Å². The van der Waals surface area contributed by atoms with Crippen LogP contribution in [0.1, 0.15) is 19.3 Å². The van der Waals surface area contributed by atoms with Crippen LogP contribution < -0.4 is 9.88 Å². The number of sulfonamides is 1. The summed E-state index contributed by atoms with van der Waals surface area (Å²) in [6.07, 6.45) is 4.97. The third-order valence-electron chi connectivity index (χ3n) is 4.54. The van der Waals surface area contributed by atoms with Crippen molar-refractivity contribution >= 4 is 16.0 Å². The van der Waals surface area contributed by atoms with E-state index in [1.54, 1.807) is 24.3 Å². The van der Waals surface area contributed by atoms with Crippen LogP contribution in [0.5, 0.6) is 5.75 Å². The lowest BCUT2D eigenvalue weighted by atomic mass is 9.91. The number of rotatable bonds is 5. The number of hydrogen-bond acceptors (Lipinski definition) is 6. The molecule has 0 saturated carbocycles. The number of nitrogens with two attached hydrogens (primary N) is 1. The van der Waals surface area contributed by atoms with Gasteiger partial charge in [-0.15, -0.1) is 0 Å². The second-order valence-electron chi connectivity index (χ2n) is 6.39. The SMILES string of the molecule is COC(=O)C1(Oc2ccccc2)C=C(S(N)(=O)=O)C=C(N2CCCC2)C1. The smallest absolute Gasteiger partial charge is 0.354 e. The number of carbonyl (C=O) groups is 1. The van der Waals surface area contributed by atoms with Crippen LogP contribution in [0.15, 0.2) is 53.1 Å². The summed E-state index contributed by atoms with van der Waals surface area (Å²) in [7, 11) is -2.78. The molecule has 2 aliphatic rings. The number of esters is 1. The maximum absolute atomic E-state index is 12.7. The largest absolute Gasteiger partial charge is 0.471 e. The molecule has 1 unspecified atom stereocenters. The molecule has 2 N–H and O–H groups in total. The molecule has 0 aromatic heterocycles. The highest BCUT2D eigenvalue weighted by atomic mass is 32.2. The van der Waals surface area contributed by atoms with Gasteiger partial charge in [-0.25, -0.2) is 18.4 Å². The minimum absolute atomic E-state index is 0.146. The van der Waals surface area contributed by atoms with Gasteiger partial charge < -0.3 is 14.4 Å². The average Bonchev–Trinajstić information content (AvgIpc) is 3.15. The fourth-order valence-corrected chi connectivity index (χ4v) is 3.94. The van der Waals surface area contributed by atoms with Crippen molar-refractivity contribution in [3.8, 4) is 5.75 Å². The number of methoxy groups -OCH3 is 1. The Hall–Kier alpha value is -2.32. The number of para-hydroxylation sites is 1. The summed E-state index contributed by atoms with van der Waals surface area (Å²) in [5.41, 5.74) is -0.889. The Balaban J connectivity index is 2.08. The van der Waals surface area contributed by atoms with Crippen LogP contribution in [0.25, 0.3) is 0 Å². The van der Waals surface area contributed by atoms with Crippen LogP contribution in [-0.2, 0) is 19.6 Å². The number of hydrogen-bond donors (Lipinski definition) is 1. The van der Waals surface area contributed by atoms with Gasteiger partial charge in [-0.1, -0.05) is 18.2 Å². The van der Waals surface area contributed by atoms with E-state index in [1.807, 2.05) is 6.07 Å². The zero-order valence-electron chi connectivity index (χ0n) is 14.6. The average molecular weight is 378 g/mol. The van der Waals surface area contributed by atoms with Crippen LogP contribution in [0, 0.1) is 0 Å². The predicted octanol–water partition coefficient (Wildman–Crippen LogP) is 1.53. The summed E-state index contributed by atoms with van der Waals surface area (Å²) in [6.45, 7) is 1.60. The fraction of sp³-hybridized carbons (Fsp3) is 0.389. The topological polar surface area (TPSA) is 98.9 Å². The molecule has 3 rings (SSSR count). The summed E-state index contributed by atoms with van der Waals surface area (Å²) in [5, 5.41) is 5.36. The second-order valence-corrected chi connectivity index (χ2v) is 7.96. The fourth-order valence-electron chi connectivity index (χ4n) is 3.29. The summed E-state index contributed by atoms with van der Waals surface area (Å²) in [5.74, 6) is -0.238. The molecule has 0 bridgehead atoms.